The maximum Gasteiger partial charge on any atom is 0.141 e. The van der Waals surface area contributed by atoms with Crippen molar-refractivity contribution in [1.82, 2.24) is 24.5 Å². The van der Waals surface area contributed by atoms with Crippen molar-refractivity contribution < 1.29 is 9.47 Å². The molecule has 3 aromatic heterocycles. The smallest absolute Gasteiger partial charge is 0.141 e. The molecule has 0 N–H and O–H groups in total. The minimum atomic E-state index is -0.118. The van der Waals surface area contributed by atoms with Crippen molar-refractivity contribution in [3.63, 3.8) is 0 Å². The van der Waals surface area contributed by atoms with Crippen molar-refractivity contribution in [3.8, 4) is 17.5 Å². The molecule has 0 amide bonds. The number of aromatic nitrogens is 5. The molecular formula is C24H22N6O2. The molecule has 1 aromatic carbocycles. The van der Waals surface area contributed by atoms with Crippen LogP contribution in [0.5, 0.6) is 5.75 Å². The Labute approximate surface area is 185 Å². The Morgan fingerprint density at radius 2 is 2.09 bits per heavy atom. The number of hydrogen-bond donors (Lipinski definition) is 0. The number of fused-ring (bicyclic) bond motifs is 2. The molecule has 8 nitrogen and oxygen atoms in total. The van der Waals surface area contributed by atoms with Gasteiger partial charge < -0.3 is 9.47 Å². The number of ether oxygens (including phenoxy) is 2. The number of benzene rings is 1. The number of aryl methyl sites for hydroxylation is 1. The zero-order valence-electron chi connectivity index (χ0n) is 17.5. The van der Waals surface area contributed by atoms with Gasteiger partial charge in [-0.15, -0.1) is 0 Å². The lowest BCUT2D eigenvalue weighted by atomic mass is 9.93. The first kappa shape index (κ1) is 19.0. The molecule has 1 saturated heterocycles. The van der Waals surface area contributed by atoms with E-state index in [0.717, 1.165) is 72.6 Å². The average Bonchev–Trinajstić information content (AvgIpc) is 3.42. The summed E-state index contributed by atoms with van der Waals surface area (Å²) < 4.78 is 15.5. The molecule has 32 heavy (non-hydrogen) atoms. The quantitative estimate of drug-likeness (QED) is 0.484. The van der Waals surface area contributed by atoms with Gasteiger partial charge in [0.05, 0.1) is 48.6 Å². The SMILES string of the molecule is N#Cc1cnc2c(c1)CCC[C@@H]2Oc1ccc2cnn(-c3cnn(CC4COC4)c3)c2c1. The molecule has 0 saturated carbocycles. The summed E-state index contributed by atoms with van der Waals surface area (Å²) in [4.78, 5) is 4.54. The molecule has 1 fully saturated rings. The Kier molecular flexibility index (Phi) is 4.62. The Bertz CT molecular complexity index is 1330. The predicted molar refractivity (Wildman–Crippen MR) is 116 cm³/mol. The van der Waals surface area contributed by atoms with E-state index in [1.807, 2.05) is 52.2 Å². The fourth-order valence-electron chi connectivity index (χ4n) is 4.46. The molecule has 6 rings (SSSR count). The highest BCUT2D eigenvalue weighted by Gasteiger charge is 2.24. The monoisotopic (exact) mass is 426 g/mol. The second kappa shape index (κ2) is 7.77. The average molecular weight is 426 g/mol. The normalized spacial score (nSPS) is 18.2. The fourth-order valence-corrected chi connectivity index (χ4v) is 4.46. The lowest BCUT2D eigenvalue weighted by Gasteiger charge is -2.25. The molecule has 0 unspecified atom stereocenters. The maximum atomic E-state index is 9.16. The van der Waals surface area contributed by atoms with Crippen LogP contribution in [0.2, 0.25) is 0 Å². The van der Waals surface area contributed by atoms with Gasteiger partial charge in [-0.3, -0.25) is 9.67 Å². The highest BCUT2D eigenvalue weighted by molar-refractivity contribution is 5.81. The Morgan fingerprint density at radius 1 is 1.16 bits per heavy atom. The number of rotatable bonds is 5. The first-order valence-electron chi connectivity index (χ1n) is 10.9. The number of nitrogens with zero attached hydrogens (tertiary/aromatic N) is 6. The molecule has 1 aliphatic heterocycles. The number of nitriles is 1. The second-order valence-corrected chi connectivity index (χ2v) is 8.48. The molecule has 2 aliphatic rings. The van der Waals surface area contributed by atoms with Crippen LogP contribution < -0.4 is 4.74 Å². The minimum Gasteiger partial charge on any atom is -0.484 e. The van der Waals surface area contributed by atoms with Crippen LogP contribution in [0.25, 0.3) is 16.6 Å². The van der Waals surface area contributed by atoms with Gasteiger partial charge in [0.15, 0.2) is 0 Å². The zero-order valence-corrected chi connectivity index (χ0v) is 17.5. The van der Waals surface area contributed by atoms with E-state index >= 15 is 0 Å². The Morgan fingerprint density at radius 3 is 2.94 bits per heavy atom. The molecule has 160 valence electrons. The van der Waals surface area contributed by atoms with Crippen LogP contribution in [0.15, 0.2) is 49.1 Å². The number of pyridine rings is 1. The summed E-state index contributed by atoms with van der Waals surface area (Å²) in [5.41, 5.74) is 4.53. The molecule has 8 heteroatoms. The van der Waals surface area contributed by atoms with Crippen LogP contribution in [-0.4, -0.2) is 37.8 Å². The third-order valence-electron chi connectivity index (χ3n) is 6.19. The number of hydrogen-bond acceptors (Lipinski definition) is 6. The van der Waals surface area contributed by atoms with Gasteiger partial charge in [0.1, 0.15) is 23.6 Å². The van der Waals surface area contributed by atoms with Crippen molar-refractivity contribution in [2.45, 2.75) is 31.9 Å². The van der Waals surface area contributed by atoms with Crippen LogP contribution in [0.3, 0.4) is 0 Å². The van der Waals surface area contributed by atoms with E-state index in [1.54, 1.807) is 6.20 Å². The summed E-state index contributed by atoms with van der Waals surface area (Å²) in [5, 5.41) is 19.3. The van der Waals surface area contributed by atoms with E-state index in [0.29, 0.717) is 11.5 Å². The van der Waals surface area contributed by atoms with Crippen LogP contribution in [-0.2, 0) is 17.7 Å². The first-order valence-corrected chi connectivity index (χ1v) is 10.9. The van der Waals surface area contributed by atoms with Gasteiger partial charge in [-0.05, 0) is 43.0 Å². The van der Waals surface area contributed by atoms with E-state index in [9.17, 15) is 0 Å². The topological polar surface area (TPSA) is 90.8 Å². The van der Waals surface area contributed by atoms with Gasteiger partial charge in [0, 0.05) is 30.1 Å². The van der Waals surface area contributed by atoms with Crippen molar-refractivity contribution in [2.24, 2.45) is 5.92 Å². The third kappa shape index (κ3) is 3.41. The Balaban J connectivity index is 1.28. The summed E-state index contributed by atoms with van der Waals surface area (Å²) in [7, 11) is 0. The van der Waals surface area contributed by atoms with E-state index < -0.39 is 0 Å². The first-order chi connectivity index (χ1) is 15.8. The largest absolute Gasteiger partial charge is 0.484 e. The lowest BCUT2D eigenvalue weighted by molar-refractivity contribution is -0.0408. The molecule has 0 radical (unpaired) electrons. The summed E-state index contributed by atoms with van der Waals surface area (Å²) in [6, 6.07) is 10.1. The molecule has 1 aliphatic carbocycles. The maximum absolute atomic E-state index is 9.16. The molecule has 1 atom stereocenters. The van der Waals surface area contributed by atoms with Crippen LogP contribution in [0.4, 0.5) is 0 Å². The molecule has 4 heterocycles. The summed E-state index contributed by atoms with van der Waals surface area (Å²) in [6.07, 6.45) is 10.1. The zero-order chi connectivity index (χ0) is 21.5. The van der Waals surface area contributed by atoms with Gasteiger partial charge >= 0.3 is 0 Å². The van der Waals surface area contributed by atoms with Crippen molar-refractivity contribution >= 4 is 10.9 Å². The molecular weight excluding hydrogens is 404 g/mol. The Hall–Kier alpha value is -3.70. The van der Waals surface area contributed by atoms with Crippen LogP contribution in [0, 0.1) is 17.2 Å². The second-order valence-electron chi connectivity index (χ2n) is 8.48. The summed E-state index contributed by atoms with van der Waals surface area (Å²) >= 11 is 0. The van der Waals surface area contributed by atoms with Crippen molar-refractivity contribution in [3.05, 3.63) is 65.9 Å². The van der Waals surface area contributed by atoms with Crippen LogP contribution in [0.1, 0.15) is 35.8 Å². The van der Waals surface area contributed by atoms with Gasteiger partial charge in [-0.25, -0.2) is 4.68 Å². The minimum absolute atomic E-state index is 0.118. The van der Waals surface area contributed by atoms with Crippen molar-refractivity contribution in [1.29, 1.82) is 5.26 Å². The lowest BCUT2D eigenvalue weighted by Crippen LogP contribution is -2.31. The van der Waals surface area contributed by atoms with E-state index in [-0.39, 0.29) is 6.10 Å². The molecule has 0 bridgehead atoms. The third-order valence-corrected chi connectivity index (χ3v) is 6.19. The van der Waals surface area contributed by atoms with Gasteiger partial charge in [-0.1, -0.05) is 0 Å². The molecule has 4 aromatic rings. The standard InChI is InChI=1S/C24H22N6O2/c25-8-16-6-18-2-1-3-23(24(18)26-9-16)32-21-5-4-19-10-28-30(22(19)7-21)20-11-27-29(13-20)12-17-14-31-15-17/h4-7,9-11,13,17,23H,1-3,12,14-15H2/t23-/m0/s1. The van der Waals surface area contributed by atoms with E-state index in [1.165, 1.54) is 0 Å². The van der Waals surface area contributed by atoms with Gasteiger partial charge in [-0.2, -0.15) is 15.5 Å². The van der Waals surface area contributed by atoms with E-state index in [2.05, 4.69) is 21.3 Å². The van der Waals surface area contributed by atoms with Crippen LogP contribution >= 0.6 is 0 Å². The highest BCUT2D eigenvalue weighted by Crippen LogP contribution is 2.34. The predicted octanol–water partition coefficient (Wildman–Crippen LogP) is 3.59. The van der Waals surface area contributed by atoms with Gasteiger partial charge in [0.2, 0.25) is 0 Å². The summed E-state index contributed by atoms with van der Waals surface area (Å²) in [6.45, 7) is 2.46. The van der Waals surface area contributed by atoms with Gasteiger partial charge in [0.25, 0.3) is 0 Å². The fraction of sp³-hybridized carbons (Fsp3) is 0.333. The molecule has 0 spiro atoms. The highest BCUT2D eigenvalue weighted by atomic mass is 16.5. The van der Waals surface area contributed by atoms with Crippen molar-refractivity contribution in [2.75, 3.05) is 13.2 Å². The van der Waals surface area contributed by atoms with E-state index in [4.69, 9.17) is 14.7 Å². The summed E-state index contributed by atoms with van der Waals surface area (Å²) in [5.74, 6) is 1.32.